The van der Waals surface area contributed by atoms with E-state index in [1.54, 1.807) is 14.1 Å². The van der Waals surface area contributed by atoms with Crippen LogP contribution in [0, 0.1) is 0 Å². The maximum absolute atomic E-state index is 10.3. The third kappa shape index (κ3) is 2.53. The number of hydrazone groups is 1. The van der Waals surface area contributed by atoms with E-state index in [1.807, 2.05) is 0 Å². The fourth-order valence-electron chi connectivity index (χ4n) is 0.346. The lowest BCUT2D eigenvalue weighted by Crippen LogP contribution is -2.35. The predicted molar refractivity (Wildman–Crippen MR) is 34.7 cm³/mol. The number of carbonyl (C=O) groups is 1. The lowest BCUT2D eigenvalue weighted by molar-refractivity contribution is -0.112. The van der Waals surface area contributed by atoms with Gasteiger partial charge in [-0.3, -0.25) is 4.79 Å². The van der Waals surface area contributed by atoms with Gasteiger partial charge in [0.1, 0.15) is 0 Å². The Bertz CT molecular complexity index is 131. The quantitative estimate of drug-likeness (QED) is 0.223. The third-order valence-electron chi connectivity index (χ3n) is 0.694. The number of hydrogen-bond acceptors (Lipinski definition) is 3. The van der Waals surface area contributed by atoms with E-state index < -0.39 is 5.91 Å². The van der Waals surface area contributed by atoms with Gasteiger partial charge in [-0.25, -0.2) is 0 Å². The molecule has 4 N–H and O–H groups in total. The van der Waals surface area contributed by atoms with E-state index in [-0.39, 0.29) is 5.84 Å². The molecular weight excluding hydrogens is 120 g/mol. The topological polar surface area (TPSA) is 79.5 Å². The highest BCUT2D eigenvalue weighted by Gasteiger charge is 2.00. The number of nitrogens with two attached hydrogens (primary N) is 1. The van der Waals surface area contributed by atoms with E-state index in [2.05, 4.69) is 15.8 Å². The zero-order chi connectivity index (χ0) is 7.28. The molecule has 0 aromatic carbocycles. The zero-order valence-corrected chi connectivity index (χ0v) is 5.43. The van der Waals surface area contributed by atoms with Gasteiger partial charge < -0.3 is 16.5 Å². The van der Waals surface area contributed by atoms with Gasteiger partial charge in [0, 0.05) is 14.1 Å². The Morgan fingerprint density at radius 2 is 2.11 bits per heavy atom. The van der Waals surface area contributed by atoms with E-state index in [0.717, 1.165) is 0 Å². The zero-order valence-electron chi connectivity index (χ0n) is 5.43. The summed E-state index contributed by atoms with van der Waals surface area (Å²) in [6.07, 6.45) is 0. The Hall–Kier alpha value is -1.26. The number of amides is 1. The van der Waals surface area contributed by atoms with Crippen molar-refractivity contribution in [1.82, 2.24) is 10.7 Å². The summed E-state index contributed by atoms with van der Waals surface area (Å²) < 4.78 is 0. The lowest BCUT2D eigenvalue weighted by Gasteiger charge is -1.97. The fourth-order valence-corrected chi connectivity index (χ4v) is 0.346. The van der Waals surface area contributed by atoms with Crippen molar-refractivity contribution < 1.29 is 4.79 Å². The molecule has 0 aliphatic carbocycles. The van der Waals surface area contributed by atoms with Crippen LogP contribution in [0.5, 0.6) is 0 Å². The van der Waals surface area contributed by atoms with Crippen LogP contribution in [-0.2, 0) is 4.79 Å². The summed E-state index contributed by atoms with van der Waals surface area (Å²) in [5, 5.41) is 6.04. The maximum atomic E-state index is 10.3. The number of primary amides is 1. The van der Waals surface area contributed by atoms with Crippen molar-refractivity contribution in [2.24, 2.45) is 10.8 Å². The van der Waals surface area contributed by atoms with E-state index in [0.29, 0.717) is 0 Å². The molecule has 0 atom stereocenters. The average molecular weight is 130 g/mol. The highest BCUT2D eigenvalue weighted by atomic mass is 16.1. The molecule has 0 saturated heterocycles. The van der Waals surface area contributed by atoms with Crippen molar-refractivity contribution in [2.75, 3.05) is 14.1 Å². The fraction of sp³-hybridized carbons (Fsp3) is 0.500. The van der Waals surface area contributed by atoms with Gasteiger partial charge in [0.2, 0.25) is 5.84 Å². The standard InChI is InChI=1S/C4H10N4O/c1-6-4(3(5)9)8-7-2/h7H,1-2H3,(H2,5,9)(H,6,8). The molecule has 5 nitrogen and oxygen atoms in total. The SMILES string of the molecule is CN/N=C(\NC)C(N)=O. The molecular formula is C4H10N4O. The van der Waals surface area contributed by atoms with Crippen molar-refractivity contribution in [2.45, 2.75) is 0 Å². The largest absolute Gasteiger partial charge is 0.367 e. The van der Waals surface area contributed by atoms with Gasteiger partial charge in [-0.15, -0.1) is 0 Å². The summed E-state index contributed by atoms with van der Waals surface area (Å²) in [7, 11) is 3.15. The second kappa shape index (κ2) is 3.71. The Kier molecular flexibility index (Phi) is 3.19. The summed E-state index contributed by atoms with van der Waals surface area (Å²) in [6, 6.07) is 0. The maximum Gasteiger partial charge on any atom is 0.285 e. The number of nitrogens with zero attached hydrogens (tertiary/aromatic N) is 1. The van der Waals surface area contributed by atoms with Crippen molar-refractivity contribution in [3.8, 4) is 0 Å². The Balaban J connectivity index is 3.98. The minimum Gasteiger partial charge on any atom is -0.367 e. The van der Waals surface area contributed by atoms with Crippen molar-refractivity contribution in [3.05, 3.63) is 0 Å². The number of rotatable bonds is 1. The Morgan fingerprint density at radius 3 is 2.22 bits per heavy atom. The second-order valence-corrected chi connectivity index (χ2v) is 1.30. The molecule has 0 aromatic heterocycles. The number of carbonyl (C=O) groups excluding carboxylic acids is 1. The van der Waals surface area contributed by atoms with Crippen molar-refractivity contribution in [1.29, 1.82) is 0 Å². The molecule has 0 rings (SSSR count). The highest BCUT2D eigenvalue weighted by Crippen LogP contribution is 1.64. The molecule has 0 fully saturated rings. The van der Waals surface area contributed by atoms with Gasteiger partial charge in [0.15, 0.2) is 0 Å². The molecule has 0 saturated carbocycles. The van der Waals surface area contributed by atoms with Gasteiger partial charge in [0.05, 0.1) is 0 Å². The van der Waals surface area contributed by atoms with Crippen LogP contribution in [0.3, 0.4) is 0 Å². The van der Waals surface area contributed by atoms with Gasteiger partial charge in [0.25, 0.3) is 5.91 Å². The molecule has 0 radical (unpaired) electrons. The van der Waals surface area contributed by atoms with Crippen LogP contribution in [0.2, 0.25) is 0 Å². The molecule has 0 bridgehead atoms. The molecule has 0 aliphatic heterocycles. The highest BCUT2D eigenvalue weighted by molar-refractivity contribution is 6.37. The van der Waals surface area contributed by atoms with Crippen molar-refractivity contribution >= 4 is 11.7 Å². The van der Waals surface area contributed by atoms with Gasteiger partial charge in [-0.05, 0) is 0 Å². The third-order valence-corrected chi connectivity index (χ3v) is 0.694. The molecule has 5 heteroatoms. The van der Waals surface area contributed by atoms with E-state index in [1.165, 1.54) is 0 Å². The molecule has 0 spiro atoms. The van der Waals surface area contributed by atoms with Gasteiger partial charge >= 0.3 is 0 Å². The molecule has 0 aliphatic rings. The minimum absolute atomic E-state index is 0.123. The normalized spacial score (nSPS) is 10.7. The van der Waals surface area contributed by atoms with Crippen LogP contribution in [0.15, 0.2) is 5.10 Å². The van der Waals surface area contributed by atoms with Gasteiger partial charge in [-0.1, -0.05) is 0 Å². The first-order valence-corrected chi connectivity index (χ1v) is 2.44. The first-order chi connectivity index (χ1) is 4.22. The van der Waals surface area contributed by atoms with E-state index in [4.69, 9.17) is 5.73 Å². The Labute approximate surface area is 53.3 Å². The van der Waals surface area contributed by atoms with Crippen molar-refractivity contribution in [3.63, 3.8) is 0 Å². The molecule has 1 amide bonds. The number of likely N-dealkylation sites (N-methyl/N-ethyl adjacent to an activating group) is 1. The summed E-state index contributed by atoms with van der Waals surface area (Å²) >= 11 is 0. The van der Waals surface area contributed by atoms with Crippen LogP contribution in [0.25, 0.3) is 0 Å². The predicted octanol–water partition coefficient (Wildman–Crippen LogP) is -1.78. The van der Waals surface area contributed by atoms with Gasteiger partial charge in [-0.2, -0.15) is 5.10 Å². The summed E-state index contributed by atoms with van der Waals surface area (Å²) in [6.45, 7) is 0. The van der Waals surface area contributed by atoms with Crippen LogP contribution in [-0.4, -0.2) is 25.8 Å². The average Bonchev–Trinajstić information content (AvgIpc) is 1.82. The lowest BCUT2D eigenvalue weighted by atomic mass is 10.6. The number of hydrogen-bond donors (Lipinski definition) is 3. The van der Waals surface area contributed by atoms with E-state index in [9.17, 15) is 4.79 Å². The van der Waals surface area contributed by atoms with Crippen LogP contribution < -0.4 is 16.5 Å². The molecule has 9 heavy (non-hydrogen) atoms. The summed E-state index contributed by atoms with van der Waals surface area (Å²) in [4.78, 5) is 10.3. The minimum atomic E-state index is -0.577. The van der Waals surface area contributed by atoms with E-state index >= 15 is 0 Å². The monoisotopic (exact) mass is 130 g/mol. The van der Waals surface area contributed by atoms with Crippen LogP contribution in [0.1, 0.15) is 0 Å². The summed E-state index contributed by atoms with van der Waals surface area (Å²) in [5.41, 5.74) is 7.29. The molecule has 0 heterocycles. The molecule has 0 aromatic rings. The summed E-state index contributed by atoms with van der Waals surface area (Å²) in [5.74, 6) is -0.454. The molecule has 52 valence electrons. The second-order valence-electron chi connectivity index (χ2n) is 1.30. The first-order valence-electron chi connectivity index (χ1n) is 2.44. The molecule has 0 unspecified atom stereocenters. The van der Waals surface area contributed by atoms with Crippen LogP contribution >= 0.6 is 0 Å². The first kappa shape index (κ1) is 7.74. The number of amidine groups is 1. The number of nitrogens with one attached hydrogen (secondary N) is 2. The van der Waals surface area contributed by atoms with Crippen LogP contribution in [0.4, 0.5) is 0 Å². The Morgan fingerprint density at radius 1 is 1.56 bits per heavy atom. The smallest absolute Gasteiger partial charge is 0.285 e.